The number of aromatic amines is 1. The number of benzene rings is 1. The van der Waals surface area contributed by atoms with Crippen LogP contribution >= 0.6 is 0 Å². The topological polar surface area (TPSA) is 177 Å². The van der Waals surface area contributed by atoms with E-state index in [0.717, 1.165) is 6.07 Å². The summed E-state index contributed by atoms with van der Waals surface area (Å²) in [4.78, 5) is 28.5. The van der Waals surface area contributed by atoms with Crippen LogP contribution in [0.4, 0.5) is 24.7 Å². The molecule has 0 fully saturated rings. The van der Waals surface area contributed by atoms with Crippen molar-refractivity contribution < 1.29 is 22.7 Å². The Morgan fingerprint density at radius 2 is 2.08 bits per heavy atom. The predicted octanol–water partition coefficient (Wildman–Crippen LogP) is 1.82. The number of carbonyl (C=O) groups excluding carboxylic acids is 1. The van der Waals surface area contributed by atoms with E-state index in [0.29, 0.717) is 11.1 Å². The second kappa shape index (κ2) is 8.31. The van der Waals surface area contributed by atoms with Crippen LogP contribution in [0.15, 0.2) is 23.1 Å². The number of halogens is 3. The molecule has 4 heterocycles. The Morgan fingerprint density at radius 3 is 2.76 bits per heavy atom. The molecule has 15 heteroatoms. The third-order valence-corrected chi connectivity index (χ3v) is 5.82. The van der Waals surface area contributed by atoms with Gasteiger partial charge in [0, 0.05) is 37.7 Å². The number of nitrogens with zero attached hydrogens (tertiary/aromatic N) is 5. The van der Waals surface area contributed by atoms with Gasteiger partial charge in [-0.1, -0.05) is 0 Å². The Labute approximate surface area is 204 Å². The van der Waals surface area contributed by atoms with Crippen molar-refractivity contribution in [3.63, 3.8) is 0 Å². The number of carbonyl (C=O) groups is 1. The van der Waals surface area contributed by atoms with Crippen molar-refractivity contribution in [1.82, 2.24) is 25.0 Å². The Bertz CT molecular complexity index is 1720. The van der Waals surface area contributed by atoms with E-state index in [1.54, 1.807) is 13.1 Å². The molecule has 3 aromatic heterocycles. The molecule has 0 saturated carbocycles. The summed E-state index contributed by atoms with van der Waals surface area (Å²) >= 11 is 0. The number of aromatic nitrogens is 5. The van der Waals surface area contributed by atoms with Gasteiger partial charge in [0.1, 0.15) is 23.3 Å². The average molecular weight is 511 g/mol. The number of nitrogens with two attached hydrogens (primary N) is 1. The van der Waals surface area contributed by atoms with Crippen molar-refractivity contribution in [1.29, 1.82) is 5.26 Å². The lowest BCUT2D eigenvalue weighted by atomic mass is 9.97. The molecule has 1 aliphatic heterocycles. The quantitative estimate of drug-likeness (QED) is 0.318. The first-order valence-electron chi connectivity index (χ1n) is 10.6. The van der Waals surface area contributed by atoms with E-state index in [2.05, 4.69) is 30.3 Å². The van der Waals surface area contributed by atoms with Crippen LogP contribution in [0.1, 0.15) is 11.3 Å². The van der Waals surface area contributed by atoms with Crippen LogP contribution in [0.25, 0.3) is 33.3 Å². The zero-order valence-corrected chi connectivity index (χ0v) is 19.1. The number of hydrogen-bond donors (Lipinski definition) is 4. The molecule has 0 radical (unpaired) electrons. The molecule has 0 aliphatic carbocycles. The van der Waals surface area contributed by atoms with Gasteiger partial charge in [-0.3, -0.25) is 14.3 Å². The first-order chi connectivity index (χ1) is 17.6. The number of rotatable bonds is 4. The standard InChI is InChI=1S/C22H16F3N9O3/c1-28-19-16-8(14(6-27)32-33-20(16)35)3-12(30-19)10-7-29-34(2)17(10)15-9(5-26)18-13(4-11(15)23)31-21(36)22(24,25)37-18/h3-4,7H,6,27H2,1-2H3,(H,28,30)(H,31,36)(H,33,35). The van der Waals surface area contributed by atoms with Gasteiger partial charge in [-0.15, -0.1) is 0 Å². The van der Waals surface area contributed by atoms with Crippen LogP contribution in [0.5, 0.6) is 5.75 Å². The number of amides is 1. The lowest BCUT2D eigenvalue weighted by molar-refractivity contribution is -0.189. The normalized spacial score (nSPS) is 14.0. The molecule has 0 saturated heterocycles. The van der Waals surface area contributed by atoms with Crippen LogP contribution in [-0.4, -0.2) is 44.0 Å². The van der Waals surface area contributed by atoms with Gasteiger partial charge in [0.15, 0.2) is 5.75 Å². The molecule has 0 spiro atoms. The minimum absolute atomic E-state index is 0.00154. The number of anilines is 2. The third-order valence-electron chi connectivity index (χ3n) is 5.82. The smallest absolute Gasteiger partial charge is 0.422 e. The molecular formula is C22H16F3N9O3. The molecule has 188 valence electrons. The van der Waals surface area contributed by atoms with E-state index in [4.69, 9.17) is 5.73 Å². The predicted molar refractivity (Wildman–Crippen MR) is 124 cm³/mol. The highest BCUT2D eigenvalue weighted by atomic mass is 19.3. The molecule has 5 rings (SSSR count). The maximum Gasteiger partial charge on any atom is 0.482 e. The van der Waals surface area contributed by atoms with Gasteiger partial charge in [0.2, 0.25) is 0 Å². The number of alkyl halides is 2. The van der Waals surface area contributed by atoms with Crippen molar-refractivity contribution in [2.45, 2.75) is 12.7 Å². The molecule has 1 aromatic carbocycles. The van der Waals surface area contributed by atoms with Crippen molar-refractivity contribution >= 4 is 28.2 Å². The number of nitriles is 1. The first kappa shape index (κ1) is 23.8. The van der Waals surface area contributed by atoms with Gasteiger partial charge < -0.3 is 21.1 Å². The monoisotopic (exact) mass is 511 g/mol. The van der Waals surface area contributed by atoms with Gasteiger partial charge in [-0.2, -0.15) is 24.2 Å². The summed E-state index contributed by atoms with van der Waals surface area (Å²) in [5.74, 6) is -3.34. The van der Waals surface area contributed by atoms with Crippen LogP contribution in [0.3, 0.4) is 0 Å². The maximum atomic E-state index is 15.5. The van der Waals surface area contributed by atoms with E-state index in [1.807, 2.05) is 5.32 Å². The number of hydrogen-bond acceptors (Lipinski definition) is 9. The van der Waals surface area contributed by atoms with Crippen molar-refractivity contribution in [2.75, 3.05) is 17.7 Å². The Balaban J connectivity index is 1.81. The fourth-order valence-electron chi connectivity index (χ4n) is 4.17. The second-order valence-corrected chi connectivity index (χ2v) is 7.93. The van der Waals surface area contributed by atoms with Gasteiger partial charge in [0.25, 0.3) is 5.56 Å². The van der Waals surface area contributed by atoms with E-state index >= 15 is 4.39 Å². The molecule has 1 aliphatic rings. The fraction of sp³-hybridized carbons (Fsp3) is 0.182. The first-order valence-corrected chi connectivity index (χ1v) is 10.6. The van der Waals surface area contributed by atoms with E-state index < -0.39 is 46.0 Å². The number of fused-ring (bicyclic) bond motifs is 2. The number of nitrogens with one attached hydrogen (secondary N) is 3. The van der Waals surface area contributed by atoms with Crippen molar-refractivity contribution in [2.24, 2.45) is 12.8 Å². The fourth-order valence-corrected chi connectivity index (χ4v) is 4.17. The second-order valence-electron chi connectivity index (χ2n) is 7.93. The van der Waals surface area contributed by atoms with E-state index in [9.17, 15) is 23.6 Å². The molecule has 37 heavy (non-hydrogen) atoms. The van der Waals surface area contributed by atoms with Crippen molar-refractivity contribution in [3.05, 3.63) is 45.8 Å². The highest BCUT2D eigenvalue weighted by Crippen LogP contribution is 2.45. The number of ether oxygens (including phenoxy) is 1. The van der Waals surface area contributed by atoms with E-state index in [-0.39, 0.29) is 34.7 Å². The zero-order chi connectivity index (χ0) is 26.6. The minimum Gasteiger partial charge on any atom is -0.422 e. The van der Waals surface area contributed by atoms with Crippen LogP contribution in [0.2, 0.25) is 0 Å². The highest BCUT2D eigenvalue weighted by molar-refractivity contribution is 6.01. The van der Waals surface area contributed by atoms with Crippen molar-refractivity contribution in [3.8, 4) is 34.3 Å². The van der Waals surface area contributed by atoms with Gasteiger partial charge in [0.05, 0.1) is 39.9 Å². The third kappa shape index (κ3) is 3.53. The molecule has 5 N–H and O–H groups in total. The largest absolute Gasteiger partial charge is 0.482 e. The summed E-state index contributed by atoms with van der Waals surface area (Å²) in [6, 6.07) is 3.98. The summed E-state index contributed by atoms with van der Waals surface area (Å²) in [7, 11) is 2.99. The average Bonchev–Trinajstić information content (AvgIpc) is 3.24. The molecule has 1 amide bonds. The Hall–Kier alpha value is -4.97. The van der Waals surface area contributed by atoms with Crippen LogP contribution in [-0.2, 0) is 18.4 Å². The summed E-state index contributed by atoms with van der Waals surface area (Å²) in [5.41, 5.74) is 4.61. The number of pyridine rings is 1. The Morgan fingerprint density at radius 1 is 1.32 bits per heavy atom. The maximum absolute atomic E-state index is 15.5. The summed E-state index contributed by atoms with van der Waals surface area (Å²) < 4.78 is 49.2. The minimum atomic E-state index is -4.27. The summed E-state index contributed by atoms with van der Waals surface area (Å²) in [6.07, 6.45) is -2.94. The molecule has 12 nitrogen and oxygen atoms in total. The summed E-state index contributed by atoms with van der Waals surface area (Å²) in [6.45, 7) is -0.0188. The SMILES string of the molecule is CNc1nc(-c2cnn(C)c2-c2c(F)cc3c(c2C#N)OC(F)(F)C(=O)N3)cc2c(CN)n[nH]c(=O)c12. The molecule has 0 unspecified atom stereocenters. The molecule has 0 bridgehead atoms. The van der Waals surface area contributed by atoms with Gasteiger partial charge in [-0.05, 0) is 6.07 Å². The van der Waals surface area contributed by atoms with Gasteiger partial charge >= 0.3 is 12.0 Å². The Kier molecular flexibility index (Phi) is 5.34. The summed E-state index contributed by atoms with van der Waals surface area (Å²) in [5, 5.41) is 25.6. The lowest BCUT2D eigenvalue weighted by Gasteiger charge is -2.26. The number of H-pyrrole nitrogens is 1. The van der Waals surface area contributed by atoms with E-state index in [1.165, 1.54) is 24.0 Å². The van der Waals surface area contributed by atoms with Crippen LogP contribution in [0, 0.1) is 17.1 Å². The zero-order valence-electron chi connectivity index (χ0n) is 19.1. The lowest BCUT2D eigenvalue weighted by Crippen LogP contribution is -2.43. The van der Waals surface area contributed by atoms with Crippen LogP contribution < -0.4 is 26.7 Å². The molecular weight excluding hydrogens is 495 g/mol. The highest BCUT2D eigenvalue weighted by Gasteiger charge is 2.48. The number of aryl methyl sites for hydroxylation is 1. The molecule has 0 atom stereocenters. The molecule has 4 aromatic rings. The van der Waals surface area contributed by atoms with Gasteiger partial charge in [-0.25, -0.2) is 14.5 Å².